The molecule has 1 amide bonds. The molecule has 0 aliphatic rings. The summed E-state index contributed by atoms with van der Waals surface area (Å²) in [5.74, 6) is 0.875. The Morgan fingerprint density at radius 2 is 1.86 bits per heavy atom. The van der Waals surface area contributed by atoms with Crippen molar-refractivity contribution in [1.82, 2.24) is 9.88 Å². The van der Waals surface area contributed by atoms with Crippen molar-refractivity contribution in [3.8, 4) is 5.75 Å². The number of nitrogens with zero attached hydrogens (tertiary/aromatic N) is 2. The standard InChI is InChI=1S/C23H26N2O2S/c1-4-18(3)25(23(26)19-12-10-17(2)11-13-19)14-20-16-28-22(24-20)15-27-21-8-6-5-7-9-21/h5-13,16,18H,4,14-15H2,1-3H3/t18-/m0/s1. The van der Waals surface area contributed by atoms with Gasteiger partial charge in [-0.2, -0.15) is 0 Å². The van der Waals surface area contributed by atoms with Crippen LogP contribution in [0.4, 0.5) is 0 Å². The number of carbonyl (C=O) groups excluding carboxylic acids is 1. The van der Waals surface area contributed by atoms with Gasteiger partial charge < -0.3 is 9.64 Å². The lowest BCUT2D eigenvalue weighted by atomic mass is 10.1. The number of aryl methyl sites for hydroxylation is 1. The maximum absolute atomic E-state index is 13.1. The van der Waals surface area contributed by atoms with Crippen molar-refractivity contribution in [3.05, 3.63) is 81.8 Å². The molecule has 1 aromatic heterocycles. The fourth-order valence-corrected chi connectivity index (χ4v) is 3.53. The van der Waals surface area contributed by atoms with Gasteiger partial charge in [0.25, 0.3) is 5.91 Å². The van der Waals surface area contributed by atoms with E-state index in [1.807, 2.05) is 71.8 Å². The van der Waals surface area contributed by atoms with Crippen LogP contribution < -0.4 is 4.74 Å². The molecule has 28 heavy (non-hydrogen) atoms. The first-order valence-corrected chi connectivity index (χ1v) is 10.4. The highest BCUT2D eigenvalue weighted by atomic mass is 32.1. The first kappa shape index (κ1) is 20.1. The van der Waals surface area contributed by atoms with Gasteiger partial charge in [0.2, 0.25) is 0 Å². The lowest BCUT2D eigenvalue weighted by Gasteiger charge is -2.28. The topological polar surface area (TPSA) is 42.4 Å². The lowest BCUT2D eigenvalue weighted by molar-refractivity contribution is 0.0669. The van der Waals surface area contributed by atoms with E-state index in [4.69, 9.17) is 4.74 Å². The summed E-state index contributed by atoms with van der Waals surface area (Å²) in [7, 11) is 0. The van der Waals surface area contributed by atoms with E-state index in [0.29, 0.717) is 18.7 Å². The minimum atomic E-state index is 0.0458. The number of hydrogen-bond acceptors (Lipinski definition) is 4. The van der Waals surface area contributed by atoms with Crippen molar-refractivity contribution in [2.45, 2.75) is 46.4 Å². The Morgan fingerprint density at radius 1 is 1.14 bits per heavy atom. The van der Waals surface area contributed by atoms with E-state index < -0.39 is 0 Å². The molecule has 0 aliphatic heterocycles. The van der Waals surface area contributed by atoms with Gasteiger partial charge in [-0.25, -0.2) is 4.98 Å². The number of carbonyl (C=O) groups is 1. The van der Waals surface area contributed by atoms with E-state index in [1.165, 1.54) is 0 Å². The summed E-state index contributed by atoms with van der Waals surface area (Å²) < 4.78 is 5.77. The molecule has 0 aliphatic carbocycles. The number of amides is 1. The zero-order valence-corrected chi connectivity index (χ0v) is 17.4. The molecule has 0 radical (unpaired) electrons. The summed E-state index contributed by atoms with van der Waals surface area (Å²) in [6.45, 7) is 7.14. The Balaban J connectivity index is 1.68. The van der Waals surface area contributed by atoms with Crippen molar-refractivity contribution in [2.24, 2.45) is 0 Å². The first-order chi connectivity index (χ1) is 13.6. The molecule has 2 aromatic carbocycles. The zero-order valence-electron chi connectivity index (χ0n) is 16.6. The van der Waals surface area contributed by atoms with Gasteiger partial charge in [0.05, 0.1) is 12.2 Å². The Labute approximate surface area is 170 Å². The van der Waals surface area contributed by atoms with Gasteiger partial charge in [-0.3, -0.25) is 4.79 Å². The normalized spacial score (nSPS) is 11.8. The molecule has 3 aromatic rings. The molecule has 0 bridgehead atoms. The maximum Gasteiger partial charge on any atom is 0.254 e. The quantitative estimate of drug-likeness (QED) is 0.509. The van der Waals surface area contributed by atoms with Gasteiger partial charge >= 0.3 is 0 Å². The Bertz CT molecular complexity index is 890. The third-order valence-electron chi connectivity index (χ3n) is 4.72. The van der Waals surface area contributed by atoms with Crippen LogP contribution >= 0.6 is 11.3 Å². The number of aromatic nitrogens is 1. The van der Waals surface area contributed by atoms with Gasteiger partial charge in [0, 0.05) is 17.0 Å². The van der Waals surface area contributed by atoms with E-state index >= 15 is 0 Å². The van der Waals surface area contributed by atoms with E-state index in [0.717, 1.165) is 28.4 Å². The summed E-state index contributed by atoms with van der Waals surface area (Å²) in [4.78, 5) is 19.6. The van der Waals surface area contributed by atoms with Crippen LogP contribution in [-0.4, -0.2) is 21.8 Å². The highest BCUT2D eigenvalue weighted by Gasteiger charge is 2.22. The van der Waals surface area contributed by atoms with Crippen LogP contribution in [0.3, 0.4) is 0 Å². The van der Waals surface area contributed by atoms with Gasteiger partial charge in [0.15, 0.2) is 0 Å². The van der Waals surface area contributed by atoms with Crippen LogP contribution in [0.25, 0.3) is 0 Å². The van der Waals surface area contributed by atoms with Crippen molar-refractivity contribution in [3.63, 3.8) is 0 Å². The average molecular weight is 395 g/mol. The van der Waals surface area contributed by atoms with E-state index in [1.54, 1.807) is 11.3 Å². The molecule has 4 nitrogen and oxygen atoms in total. The lowest BCUT2D eigenvalue weighted by Crippen LogP contribution is -2.37. The second kappa shape index (κ2) is 9.51. The third kappa shape index (κ3) is 5.20. The highest BCUT2D eigenvalue weighted by Crippen LogP contribution is 2.19. The van der Waals surface area contributed by atoms with Gasteiger partial charge in [-0.05, 0) is 44.5 Å². The van der Waals surface area contributed by atoms with Gasteiger partial charge in [-0.15, -0.1) is 11.3 Å². The Hall–Kier alpha value is -2.66. The Morgan fingerprint density at radius 3 is 2.54 bits per heavy atom. The fourth-order valence-electron chi connectivity index (χ4n) is 2.83. The van der Waals surface area contributed by atoms with Gasteiger partial charge in [0.1, 0.15) is 17.4 Å². The smallest absolute Gasteiger partial charge is 0.254 e. The second-order valence-electron chi connectivity index (χ2n) is 6.89. The van der Waals surface area contributed by atoms with Crippen LogP contribution in [0.15, 0.2) is 60.0 Å². The minimum Gasteiger partial charge on any atom is -0.486 e. The monoisotopic (exact) mass is 394 g/mol. The molecular weight excluding hydrogens is 368 g/mol. The summed E-state index contributed by atoms with van der Waals surface area (Å²) >= 11 is 1.57. The molecule has 0 spiro atoms. The zero-order chi connectivity index (χ0) is 19.9. The molecule has 3 rings (SSSR count). The van der Waals surface area contributed by atoms with Crippen molar-refractivity contribution < 1.29 is 9.53 Å². The molecule has 1 heterocycles. The molecule has 0 saturated heterocycles. The number of benzene rings is 2. The van der Waals surface area contributed by atoms with Gasteiger partial charge in [-0.1, -0.05) is 42.8 Å². The number of thiazole rings is 1. The Kier molecular flexibility index (Phi) is 6.82. The SMILES string of the molecule is CC[C@H](C)N(Cc1csc(COc2ccccc2)n1)C(=O)c1ccc(C)cc1. The van der Waals surface area contributed by atoms with Crippen molar-refractivity contribution >= 4 is 17.2 Å². The van der Waals surface area contributed by atoms with Crippen LogP contribution in [0.5, 0.6) is 5.75 Å². The molecular formula is C23H26N2O2S. The van der Waals surface area contributed by atoms with E-state index in [-0.39, 0.29) is 11.9 Å². The molecule has 1 atom stereocenters. The highest BCUT2D eigenvalue weighted by molar-refractivity contribution is 7.09. The van der Waals surface area contributed by atoms with Crippen LogP contribution in [0.1, 0.15) is 46.9 Å². The predicted octanol–water partition coefficient (Wildman–Crippen LogP) is 5.47. The number of para-hydroxylation sites is 1. The second-order valence-corrected chi connectivity index (χ2v) is 7.83. The van der Waals surface area contributed by atoms with E-state index in [9.17, 15) is 4.79 Å². The van der Waals surface area contributed by atoms with Crippen LogP contribution in [-0.2, 0) is 13.2 Å². The molecule has 0 unspecified atom stereocenters. The molecule has 5 heteroatoms. The number of ether oxygens (including phenoxy) is 1. The summed E-state index contributed by atoms with van der Waals surface area (Å²) in [5.41, 5.74) is 2.76. The predicted molar refractivity (Wildman–Crippen MR) is 114 cm³/mol. The largest absolute Gasteiger partial charge is 0.486 e. The van der Waals surface area contributed by atoms with Crippen molar-refractivity contribution in [1.29, 1.82) is 0 Å². The van der Waals surface area contributed by atoms with Crippen molar-refractivity contribution in [2.75, 3.05) is 0 Å². The fraction of sp³-hybridized carbons (Fsp3) is 0.304. The molecule has 0 saturated carbocycles. The van der Waals surface area contributed by atoms with E-state index in [2.05, 4.69) is 18.8 Å². The number of rotatable bonds is 8. The molecule has 0 fully saturated rings. The maximum atomic E-state index is 13.1. The molecule has 146 valence electrons. The van der Waals surface area contributed by atoms with Crippen LogP contribution in [0, 0.1) is 6.92 Å². The minimum absolute atomic E-state index is 0.0458. The number of hydrogen-bond donors (Lipinski definition) is 0. The first-order valence-electron chi connectivity index (χ1n) is 9.55. The summed E-state index contributed by atoms with van der Waals surface area (Å²) in [6, 6.07) is 17.6. The molecule has 0 N–H and O–H groups in total. The third-order valence-corrected chi connectivity index (χ3v) is 5.59. The summed E-state index contributed by atoms with van der Waals surface area (Å²) in [5, 5.41) is 2.92. The summed E-state index contributed by atoms with van der Waals surface area (Å²) in [6.07, 6.45) is 0.895. The average Bonchev–Trinajstić information content (AvgIpc) is 3.18. The van der Waals surface area contributed by atoms with Crippen LogP contribution in [0.2, 0.25) is 0 Å².